The van der Waals surface area contributed by atoms with Gasteiger partial charge in [0, 0.05) is 35.2 Å². The molecule has 1 amide bonds. The van der Waals surface area contributed by atoms with Crippen molar-refractivity contribution in [2.24, 2.45) is 5.92 Å². The van der Waals surface area contributed by atoms with Crippen LogP contribution < -0.4 is 5.32 Å². The number of likely N-dealkylation sites (N-methyl/N-ethyl adjacent to an activating group) is 1. The van der Waals surface area contributed by atoms with E-state index < -0.39 is 0 Å². The Morgan fingerprint density at radius 1 is 1.29 bits per heavy atom. The summed E-state index contributed by atoms with van der Waals surface area (Å²) in [6, 6.07) is 7.92. The van der Waals surface area contributed by atoms with E-state index in [-0.39, 0.29) is 11.9 Å². The molecule has 2 aromatic rings. The Kier molecular flexibility index (Phi) is 5.02. The van der Waals surface area contributed by atoms with Gasteiger partial charge >= 0.3 is 0 Å². The number of rotatable bonds is 6. The van der Waals surface area contributed by atoms with Crippen LogP contribution in [0.25, 0.3) is 10.9 Å². The number of carbonyl (C=O) groups is 1. The molecule has 1 aromatic heterocycles. The van der Waals surface area contributed by atoms with Crippen LogP contribution in [-0.4, -0.2) is 42.5 Å². The molecule has 0 aliphatic heterocycles. The molecule has 1 atom stereocenters. The zero-order valence-electron chi connectivity index (χ0n) is 13.3. The number of fused-ring (bicyclic) bond motifs is 1. The van der Waals surface area contributed by atoms with Crippen LogP contribution in [0.5, 0.6) is 0 Å². The van der Waals surface area contributed by atoms with E-state index >= 15 is 0 Å². The van der Waals surface area contributed by atoms with Gasteiger partial charge in [-0.2, -0.15) is 0 Å². The second kappa shape index (κ2) is 6.76. The fourth-order valence-electron chi connectivity index (χ4n) is 2.65. The maximum atomic E-state index is 12.4. The van der Waals surface area contributed by atoms with E-state index in [1.54, 1.807) is 0 Å². The first-order valence-electron chi connectivity index (χ1n) is 7.48. The SMILES string of the molecule is CC(C)CC(CN(C)C)NC(=O)c1ccc2[nH]ccc2c1. The fourth-order valence-corrected chi connectivity index (χ4v) is 2.65. The first-order chi connectivity index (χ1) is 9.95. The molecule has 1 unspecified atom stereocenters. The van der Waals surface area contributed by atoms with Gasteiger partial charge in [-0.3, -0.25) is 4.79 Å². The van der Waals surface area contributed by atoms with Crippen molar-refractivity contribution in [2.75, 3.05) is 20.6 Å². The molecule has 1 aromatic carbocycles. The summed E-state index contributed by atoms with van der Waals surface area (Å²) in [4.78, 5) is 17.7. The van der Waals surface area contributed by atoms with Gasteiger partial charge in [-0.15, -0.1) is 0 Å². The lowest BCUT2D eigenvalue weighted by Crippen LogP contribution is -2.42. The van der Waals surface area contributed by atoms with E-state index in [4.69, 9.17) is 0 Å². The number of hydrogen-bond donors (Lipinski definition) is 2. The van der Waals surface area contributed by atoms with Gasteiger partial charge in [0.05, 0.1) is 0 Å². The third-order valence-corrected chi connectivity index (χ3v) is 3.49. The summed E-state index contributed by atoms with van der Waals surface area (Å²) in [5.74, 6) is 0.563. The van der Waals surface area contributed by atoms with Crippen molar-refractivity contribution in [3.63, 3.8) is 0 Å². The number of benzene rings is 1. The molecule has 4 heteroatoms. The Bertz CT molecular complexity index is 591. The minimum absolute atomic E-state index is 0.00519. The number of H-pyrrole nitrogens is 1. The molecule has 0 spiro atoms. The number of amides is 1. The van der Waals surface area contributed by atoms with E-state index in [2.05, 4.69) is 29.0 Å². The van der Waals surface area contributed by atoms with Gasteiger partial charge in [0.25, 0.3) is 5.91 Å². The van der Waals surface area contributed by atoms with Crippen molar-refractivity contribution in [1.82, 2.24) is 15.2 Å². The van der Waals surface area contributed by atoms with E-state index in [0.29, 0.717) is 5.92 Å². The van der Waals surface area contributed by atoms with Crippen LogP contribution >= 0.6 is 0 Å². The van der Waals surface area contributed by atoms with Crippen molar-refractivity contribution < 1.29 is 4.79 Å². The molecule has 2 rings (SSSR count). The first kappa shape index (κ1) is 15.6. The van der Waals surface area contributed by atoms with Crippen LogP contribution in [0.3, 0.4) is 0 Å². The highest BCUT2D eigenvalue weighted by molar-refractivity contribution is 5.98. The normalized spacial score (nSPS) is 13.0. The largest absolute Gasteiger partial charge is 0.361 e. The van der Waals surface area contributed by atoms with E-state index in [0.717, 1.165) is 29.4 Å². The molecule has 0 saturated heterocycles. The third kappa shape index (κ3) is 4.33. The smallest absolute Gasteiger partial charge is 0.251 e. The van der Waals surface area contributed by atoms with Crippen LogP contribution in [0.15, 0.2) is 30.5 Å². The average Bonchev–Trinajstić information content (AvgIpc) is 2.83. The lowest BCUT2D eigenvalue weighted by atomic mass is 10.0. The van der Waals surface area contributed by atoms with Gasteiger partial charge < -0.3 is 15.2 Å². The summed E-state index contributed by atoms with van der Waals surface area (Å²) in [7, 11) is 4.07. The standard InChI is InChI=1S/C17H25N3O/c1-12(2)9-15(11-20(3)4)19-17(21)14-5-6-16-13(10-14)7-8-18-16/h5-8,10,12,15,18H,9,11H2,1-4H3,(H,19,21). The van der Waals surface area contributed by atoms with Crippen LogP contribution in [0.1, 0.15) is 30.6 Å². The highest BCUT2D eigenvalue weighted by Crippen LogP contribution is 2.15. The van der Waals surface area contributed by atoms with E-state index in [1.165, 1.54) is 0 Å². The molecule has 0 aliphatic rings. The van der Waals surface area contributed by atoms with E-state index in [9.17, 15) is 4.79 Å². The average molecular weight is 287 g/mol. The second-order valence-electron chi connectivity index (χ2n) is 6.34. The van der Waals surface area contributed by atoms with Crippen LogP contribution in [0, 0.1) is 5.92 Å². The Labute approximate surface area is 126 Å². The maximum Gasteiger partial charge on any atom is 0.251 e. The Hall–Kier alpha value is -1.81. The molecule has 0 aliphatic carbocycles. The lowest BCUT2D eigenvalue weighted by Gasteiger charge is -2.24. The molecule has 114 valence electrons. The molecular formula is C17H25N3O. The van der Waals surface area contributed by atoms with Crippen LogP contribution in [-0.2, 0) is 0 Å². The molecule has 0 radical (unpaired) electrons. The summed E-state index contributed by atoms with van der Waals surface area (Å²) in [5.41, 5.74) is 1.77. The molecule has 2 N–H and O–H groups in total. The molecule has 0 bridgehead atoms. The van der Waals surface area contributed by atoms with Gasteiger partial charge in [-0.25, -0.2) is 0 Å². The predicted molar refractivity (Wildman–Crippen MR) is 87.6 cm³/mol. The molecule has 0 fully saturated rings. The van der Waals surface area contributed by atoms with Gasteiger partial charge in [-0.1, -0.05) is 13.8 Å². The highest BCUT2D eigenvalue weighted by Gasteiger charge is 2.16. The lowest BCUT2D eigenvalue weighted by molar-refractivity contribution is 0.0924. The number of nitrogens with zero attached hydrogens (tertiary/aromatic N) is 1. The van der Waals surface area contributed by atoms with Gasteiger partial charge in [0.15, 0.2) is 0 Å². The maximum absolute atomic E-state index is 12.4. The number of hydrogen-bond acceptors (Lipinski definition) is 2. The highest BCUT2D eigenvalue weighted by atomic mass is 16.1. The number of nitrogens with one attached hydrogen (secondary N) is 2. The van der Waals surface area contributed by atoms with Gasteiger partial charge in [-0.05, 0) is 50.7 Å². The van der Waals surface area contributed by atoms with Crippen molar-refractivity contribution in [3.8, 4) is 0 Å². The van der Waals surface area contributed by atoms with Crippen LogP contribution in [0.4, 0.5) is 0 Å². The molecule has 0 saturated carbocycles. The summed E-state index contributed by atoms with van der Waals surface area (Å²) in [6.07, 6.45) is 2.87. The minimum Gasteiger partial charge on any atom is -0.361 e. The minimum atomic E-state index is 0.00519. The number of aromatic amines is 1. The van der Waals surface area contributed by atoms with Crippen molar-refractivity contribution in [2.45, 2.75) is 26.3 Å². The zero-order chi connectivity index (χ0) is 15.4. The molecule has 1 heterocycles. The van der Waals surface area contributed by atoms with Gasteiger partial charge in [0.2, 0.25) is 0 Å². The van der Waals surface area contributed by atoms with E-state index in [1.807, 2.05) is 44.6 Å². The Morgan fingerprint density at radius 3 is 2.71 bits per heavy atom. The second-order valence-corrected chi connectivity index (χ2v) is 6.34. The monoisotopic (exact) mass is 287 g/mol. The summed E-state index contributed by atoms with van der Waals surface area (Å²) < 4.78 is 0. The van der Waals surface area contributed by atoms with Gasteiger partial charge in [0.1, 0.15) is 0 Å². The Balaban J connectivity index is 2.09. The first-order valence-corrected chi connectivity index (χ1v) is 7.48. The van der Waals surface area contributed by atoms with Crippen molar-refractivity contribution in [3.05, 3.63) is 36.0 Å². The molecule has 4 nitrogen and oxygen atoms in total. The zero-order valence-corrected chi connectivity index (χ0v) is 13.3. The number of carbonyl (C=O) groups excluding carboxylic acids is 1. The summed E-state index contributed by atoms with van der Waals surface area (Å²) in [6.45, 7) is 5.22. The fraction of sp³-hybridized carbons (Fsp3) is 0.471. The topological polar surface area (TPSA) is 48.1 Å². The predicted octanol–water partition coefficient (Wildman–Crippen LogP) is 2.87. The van der Waals surface area contributed by atoms with Crippen molar-refractivity contribution >= 4 is 16.8 Å². The number of aromatic nitrogens is 1. The summed E-state index contributed by atoms with van der Waals surface area (Å²) >= 11 is 0. The molecule has 21 heavy (non-hydrogen) atoms. The summed E-state index contributed by atoms with van der Waals surface area (Å²) in [5, 5.41) is 4.23. The van der Waals surface area contributed by atoms with Crippen molar-refractivity contribution in [1.29, 1.82) is 0 Å². The Morgan fingerprint density at radius 2 is 2.05 bits per heavy atom. The van der Waals surface area contributed by atoms with Crippen LogP contribution in [0.2, 0.25) is 0 Å². The third-order valence-electron chi connectivity index (χ3n) is 3.49. The quantitative estimate of drug-likeness (QED) is 0.858. The molecular weight excluding hydrogens is 262 g/mol.